The van der Waals surface area contributed by atoms with Gasteiger partial charge in [-0.1, -0.05) is 6.92 Å². The fourth-order valence-electron chi connectivity index (χ4n) is 2.93. The molecule has 2 aromatic rings. The smallest absolute Gasteiger partial charge is 0.326 e. The second-order valence-electron chi connectivity index (χ2n) is 5.59. The van der Waals surface area contributed by atoms with Crippen molar-refractivity contribution in [2.24, 2.45) is 0 Å². The Labute approximate surface area is 124 Å². The Morgan fingerprint density at radius 3 is 2.76 bits per heavy atom. The molecule has 112 valence electrons. The maximum atomic E-state index is 11.8. The molecular weight excluding hydrogens is 266 g/mol. The number of benzene rings is 1. The molecule has 1 aliphatic carbocycles. The summed E-state index contributed by atoms with van der Waals surface area (Å²) in [6.07, 6.45) is 5.48. The molecule has 2 N–H and O–H groups in total. The van der Waals surface area contributed by atoms with E-state index in [-0.39, 0.29) is 12.5 Å². The number of esters is 1. The number of aromatic nitrogens is 2. The summed E-state index contributed by atoms with van der Waals surface area (Å²) in [6.45, 7) is 2.54. The number of nitrogen functional groups attached to an aromatic ring is 1. The van der Waals surface area contributed by atoms with Gasteiger partial charge in [0.1, 0.15) is 6.54 Å². The summed E-state index contributed by atoms with van der Waals surface area (Å²) in [5.41, 5.74) is 10.5. The van der Waals surface area contributed by atoms with Gasteiger partial charge in [0.15, 0.2) is 0 Å². The van der Waals surface area contributed by atoms with Gasteiger partial charge in [-0.15, -0.1) is 0 Å². The standard InChI is InChI=1S/C16H21N3O2/c1-2-7-21-15(20)10-19-14-9-12-6-4-3-5-11(12)8-13(14)18-16(19)17/h8-9H,2-7,10H2,1H3,(H2,17,18). The molecule has 3 rings (SSSR count). The summed E-state index contributed by atoms with van der Waals surface area (Å²) in [5.74, 6) is 0.112. The molecule has 0 aliphatic heterocycles. The predicted octanol–water partition coefficient (Wildman–Crippen LogP) is 2.45. The van der Waals surface area contributed by atoms with E-state index in [1.54, 1.807) is 4.57 Å². The first-order valence-corrected chi connectivity index (χ1v) is 7.62. The van der Waals surface area contributed by atoms with E-state index in [4.69, 9.17) is 10.5 Å². The van der Waals surface area contributed by atoms with Crippen LogP contribution in [-0.4, -0.2) is 22.1 Å². The lowest BCUT2D eigenvalue weighted by Gasteiger charge is -2.15. The van der Waals surface area contributed by atoms with E-state index in [1.165, 1.54) is 24.0 Å². The van der Waals surface area contributed by atoms with Crippen LogP contribution in [0.3, 0.4) is 0 Å². The van der Waals surface area contributed by atoms with Crippen molar-refractivity contribution in [1.82, 2.24) is 9.55 Å². The number of carbonyl (C=O) groups excluding carboxylic acids is 1. The van der Waals surface area contributed by atoms with Gasteiger partial charge in [0, 0.05) is 0 Å². The quantitative estimate of drug-likeness (QED) is 0.877. The summed E-state index contributed by atoms with van der Waals surface area (Å²) in [6, 6.07) is 4.26. The average Bonchev–Trinajstić information content (AvgIpc) is 2.78. The van der Waals surface area contributed by atoms with Crippen LogP contribution in [0.25, 0.3) is 11.0 Å². The third-order valence-corrected chi connectivity index (χ3v) is 4.00. The Morgan fingerprint density at radius 1 is 1.33 bits per heavy atom. The highest BCUT2D eigenvalue weighted by Gasteiger charge is 2.16. The van der Waals surface area contributed by atoms with Crippen molar-refractivity contribution in [2.75, 3.05) is 12.3 Å². The van der Waals surface area contributed by atoms with Gasteiger partial charge in [0.25, 0.3) is 0 Å². The van der Waals surface area contributed by atoms with Gasteiger partial charge in [-0.3, -0.25) is 9.36 Å². The van der Waals surface area contributed by atoms with Crippen LogP contribution >= 0.6 is 0 Å². The summed E-state index contributed by atoms with van der Waals surface area (Å²) < 4.78 is 6.89. The number of aryl methyl sites for hydroxylation is 2. The minimum Gasteiger partial charge on any atom is -0.464 e. The van der Waals surface area contributed by atoms with Crippen molar-refractivity contribution < 1.29 is 9.53 Å². The first kappa shape index (κ1) is 13.9. The molecule has 1 heterocycles. The van der Waals surface area contributed by atoms with Crippen LogP contribution in [0.4, 0.5) is 5.95 Å². The average molecular weight is 287 g/mol. The maximum absolute atomic E-state index is 11.8. The summed E-state index contributed by atoms with van der Waals surface area (Å²) in [7, 11) is 0. The SMILES string of the molecule is CCCOC(=O)Cn1c(N)nc2cc3c(cc21)CCCC3. The van der Waals surface area contributed by atoms with Crippen molar-refractivity contribution in [3.05, 3.63) is 23.3 Å². The van der Waals surface area contributed by atoms with Crippen LogP contribution in [0.15, 0.2) is 12.1 Å². The number of nitrogens with zero attached hydrogens (tertiary/aromatic N) is 2. The van der Waals surface area contributed by atoms with Crippen LogP contribution in [-0.2, 0) is 28.9 Å². The molecule has 0 atom stereocenters. The van der Waals surface area contributed by atoms with Crippen LogP contribution in [0, 0.1) is 0 Å². The Morgan fingerprint density at radius 2 is 2.05 bits per heavy atom. The molecule has 0 radical (unpaired) electrons. The molecule has 0 fully saturated rings. The van der Waals surface area contributed by atoms with Crippen LogP contribution in [0.5, 0.6) is 0 Å². The topological polar surface area (TPSA) is 70.1 Å². The second-order valence-corrected chi connectivity index (χ2v) is 5.59. The molecule has 0 amide bonds. The minimum absolute atomic E-state index is 0.126. The van der Waals surface area contributed by atoms with Crippen molar-refractivity contribution >= 4 is 23.0 Å². The molecule has 5 heteroatoms. The van der Waals surface area contributed by atoms with Gasteiger partial charge in [0.2, 0.25) is 5.95 Å². The highest BCUT2D eigenvalue weighted by atomic mass is 16.5. The van der Waals surface area contributed by atoms with Gasteiger partial charge >= 0.3 is 5.97 Å². The zero-order valence-corrected chi connectivity index (χ0v) is 12.4. The van der Waals surface area contributed by atoms with Gasteiger partial charge in [-0.05, 0) is 55.4 Å². The fourth-order valence-corrected chi connectivity index (χ4v) is 2.93. The van der Waals surface area contributed by atoms with Crippen LogP contribution in [0.1, 0.15) is 37.3 Å². The first-order chi connectivity index (χ1) is 10.2. The van der Waals surface area contributed by atoms with Crippen molar-refractivity contribution in [3.63, 3.8) is 0 Å². The number of fused-ring (bicyclic) bond motifs is 2. The number of carbonyl (C=O) groups is 1. The zero-order chi connectivity index (χ0) is 14.8. The van der Waals surface area contributed by atoms with Crippen LogP contribution in [0.2, 0.25) is 0 Å². The van der Waals surface area contributed by atoms with E-state index in [1.807, 2.05) is 6.92 Å². The zero-order valence-electron chi connectivity index (χ0n) is 12.4. The van der Waals surface area contributed by atoms with Crippen LogP contribution < -0.4 is 5.73 Å². The van der Waals surface area contributed by atoms with Gasteiger partial charge in [0.05, 0.1) is 17.6 Å². The lowest BCUT2D eigenvalue weighted by atomic mass is 9.91. The summed E-state index contributed by atoms with van der Waals surface area (Å²) in [4.78, 5) is 16.2. The van der Waals surface area contributed by atoms with E-state index in [9.17, 15) is 4.79 Å². The maximum Gasteiger partial charge on any atom is 0.326 e. The number of imidazole rings is 1. The van der Waals surface area contributed by atoms with E-state index in [0.717, 1.165) is 30.3 Å². The number of hydrogen-bond acceptors (Lipinski definition) is 4. The number of anilines is 1. The van der Waals surface area contributed by atoms with Crippen molar-refractivity contribution in [3.8, 4) is 0 Å². The third kappa shape index (κ3) is 2.73. The first-order valence-electron chi connectivity index (χ1n) is 7.62. The van der Waals surface area contributed by atoms with Gasteiger partial charge in [-0.25, -0.2) is 4.98 Å². The second kappa shape index (κ2) is 5.76. The Hall–Kier alpha value is -2.04. The Bertz CT molecular complexity index is 676. The molecule has 1 aromatic heterocycles. The molecule has 1 aromatic carbocycles. The fraction of sp³-hybridized carbons (Fsp3) is 0.500. The summed E-state index contributed by atoms with van der Waals surface area (Å²) >= 11 is 0. The van der Waals surface area contributed by atoms with E-state index in [0.29, 0.717) is 12.6 Å². The molecule has 0 unspecified atom stereocenters. The molecule has 5 nitrogen and oxygen atoms in total. The van der Waals surface area contributed by atoms with E-state index < -0.39 is 0 Å². The predicted molar refractivity (Wildman–Crippen MR) is 82.0 cm³/mol. The van der Waals surface area contributed by atoms with Crippen molar-refractivity contribution in [2.45, 2.75) is 45.6 Å². The number of hydrogen-bond donors (Lipinski definition) is 1. The largest absolute Gasteiger partial charge is 0.464 e. The molecule has 0 bridgehead atoms. The highest BCUT2D eigenvalue weighted by molar-refractivity contribution is 5.82. The number of nitrogens with two attached hydrogens (primary N) is 1. The molecule has 21 heavy (non-hydrogen) atoms. The summed E-state index contributed by atoms with van der Waals surface area (Å²) in [5, 5.41) is 0. The lowest BCUT2D eigenvalue weighted by Crippen LogP contribution is -2.15. The third-order valence-electron chi connectivity index (χ3n) is 4.00. The molecule has 1 aliphatic rings. The van der Waals surface area contributed by atoms with Crippen molar-refractivity contribution in [1.29, 1.82) is 0 Å². The number of rotatable bonds is 4. The van der Waals surface area contributed by atoms with E-state index in [2.05, 4.69) is 17.1 Å². The van der Waals surface area contributed by atoms with Gasteiger partial charge < -0.3 is 10.5 Å². The normalized spacial score (nSPS) is 14.1. The Balaban J connectivity index is 1.94. The number of ether oxygens (including phenoxy) is 1. The van der Waals surface area contributed by atoms with E-state index >= 15 is 0 Å². The Kier molecular flexibility index (Phi) is 3.82. The molecule has 0 saturated carbocycles. The molecule has 0 spiro atoms. The monoisotopic (exact) mass is 287 g/mol. The molecule has 0 saturated heterocycles. The van der Waals surface area contributed by atoms with Gasteiger partial charge in [-0.2, -0.15) is 0 Å². The molecular formula is C16H21N3O2. The highest BCUT2D eigenvalue weighted by Crippen LogP contribution is 2.27. The minimum atomic E-state index is -0.263. The lowest BCUT2D eigenvalue weighted by molar-refractivity contribution is -0.144.